The Morgan fingerprint density at radius 2 is 1.70 bits per heavy atom. The number of nitriles is 1. The molecule has 170 valence electrons. The van der Waals surface area contributed by atoms with Crippen LogP contribution in [0.2, 0.25) is 0 Å². The van der Waals surface area contributed by atoms with Crippen LogP contribution in [-0.4, -0.2) is 34.7 Å². The fourth-order valence-electron chi connectivity index (χ4n) is 4.36. The van der Waals surface area contributed by atoms with Gasteiger partial charge in [-0.1, -0.05) is 42.5 Å². The highest BCUT2D eigenvalue weighted by molar-refractivity contribution is 6.07. The highest BCUT2D eigenvalue weighted by Gasteiger charge is 2.42. The predicted molar refractivity (Wildman–Crippen MR) is 129 cm³/mol. The molecular weight excluding hydrogens is 414 g/mol. The molecule has 0 amide bonds. The number of likely N-dealkylation sites (tertiary alicyclic amines) is 1. The summed E-state index contributed by atoms with van der Waals surface area (Å²) in [6, 6.07) is 20.8. The maximum absolute atomic E-state index is 13.3. The van der Waals surface area contributed by atoms with Gasteiger partial charge in [-0.05, 0) is 62.6 Å². The fraction of sp³-hybridized carbons (Fsp3) is 0.333. The molecule has 1 atom stereocenters. The highest BCUT2D eigenvalue weighted by Crippen LogP contribution is 2.37. The van der Waals surface area contributed by atoms with E-state index >= 15 is 0 Å². The molecule has 1 saturated heterocycles. The molecule has 1 aliphatic heterocycles. The quantitative estimate of drug-likeness (QED) is 0.427. The third kappa shape index (κ3) is 4.56. The smallest absolute Gasteiger partial charge is 0.340 e. The second-order valence-corrected chi connectivity index (χ2v) is 9.37. The zero-order chi connectivity index (χ0) is 23.6. The van der Waals surface area contributed by atoms with Gasteiger partial charge in [-0.3, -0.25) is 4.90 Å². The number of carbonyl (C=O) groups excluding carboxylic acids is 1. The van der Waals surface area contributed by atoms with Crippen molar-refractivity contribution in [3.05, 3.63) is 77.4 Å². The van der Waals surface area contributed by atoms with Crippen LogP contribution in [0.4, 0.5) is 5.69 Å². The van der Waals surface area contributed by atoms with Crippen molar-refractivity contribution >= 4 is 22.4 Å². The molecule has 1 heterocycles. The van der Waals surface area contributed by atoms with Crippen LogP contribution in [0.5, 0.6) is 0 Å². The highest BCUT2D eigenvalue weighted by atomic mass is 16.6. The van der Waals surface area contributed by atoms with E-state index in [0.29, 0.717) is 29.7 Å². The Morgan fingerprint density at radius 1 is 1.06 bits per heavy atom. The fourth-order valence-corrected chi connectivity index (χ4v) is 4.36. The number of hydrogen-bond donors (Lipinski definition) is 2. The van der Waals surface area contributed by atoms with Crippen LogP contribution in [0.3, 0.4) is 0 Å². The molecule has 0 aromatic heterocycles. The van der Waals surface area contributed by atoms with Gasteiger partial charge in [0.25, 0.3) is 0 Å². The topological polar surface area (TPSA) is 85.6 Å². The van der Waals surface area contributed by atoms with Gasteiger partial charge >= 0.3 is 5.97 Å². The van der Waals surface area contributed by atoms with Crippen molar-refractivity contribution in [2.24, 2.45) is 0 Å². The number of esters is 1. The van der Waals surface area contributed by atoms with Crippen molar-refractivity contribution in [3.8, 4) is 6.07 Å². The summed E-state index contributed by atoms with van der Waals surface area (Å²) >= 11 is 0. The van der Waals surface area contributed by atoms with Gasteiger partial charge in [-0.15, -0.1) is 0 Å². The van der Waals surface area contributed by atoms with Gasteiger partial charge in [-0.2, -0.15) is 5.26 Å². The first-order valence-electron chi connectivity index (χ1n) is 11.2. The van der Waals surface area contributed by atoms with Gasteiger partial charge in [0.2, 0.25) is 5.85 Å². The minimum absolute atomic E-state index is 0.112. The first-order chi connectivity index (χ1) is 15.7. The number of aliphatic hydroxyl groups is 1. The van der Waals surface area contributed by atoms with E-state index in [0.717, 1.165) is 18.2 Å². The maximum Gasteiger partial charge on any atom is 0.340 e. The van der Waals surface area contributed by atoms with E-state index in [1.165, 1.54) is 0 Å². The molecule has 0 aliphatic carbocycles. The summed E-state index contributed by atoms with van der Waals surface area (Å²) in [5, 5.41) is 27.0. The molecular formula is C27H29N3O3. The number of nitrogens with one attached hydrogen (secondary N) is 1. The van der Waals surface area contributed by atoms with Gasteiger partial charge in [0, 0.05) is 24.3 Å². The molecule has 3 aromatic rings. The molecule has 0 saturated carbocycles. The molecule has 33 heavy (non-hydrogen) atoms. The van der Waals surface area contributed by atoms with Crippen molar-refractivity contribution in [2.75, 3.05) is 18.4 Å². The largest absolute Gasteiger partial charge is 0.456 e. The van der Waals surface area contributed by atoms with Gasteiger partial charge < -0.3 is 15.2 Å². The van der Waals surface area contributed by atoms with Crippen molar-refractivity contribution in [3.63, 3.8) is 0 Å². The Hall–Kier alpha value is -3.40. The molecule has 1 fully saturated rings. The van der Waals surface area contributed by atoms with E-state index in [1.54, 1.807) is 32.9 Å². The lowest BCUT2D eigenvalue weighted by Gasteiger charge is -2.39. The number of nitrogens with zero attached hydrogens (tertiary/aromatic N) is 2. The van der Waals surface area contributed by atoms with E-state index in [2.05, 4.69) is 11.4 Å². The van der Waals surface area contributed by atoms with E-state index in [1.807, 2.05) is 53.4 Å². The lowest BCUT2D eigenvalue weighted by molar-refractivity contribution is -0.0794. The standard InChI is InChI=1S/C27H29N3O3/c1-26(2,3)33-25(31)24-21-14-8-7-11-19(21)17-23(22(24)18-28)27(32,30-15-9-10-16-30)29-20-12-5-4-6-13-20/h4-8,11-14,17,29,32H,9-10,15-16H2,1-3H3. The van der Waals surface area contributed by atoms with Crippen molar-refractivity contribution in [1.29, 1.82) is 5.26 Å². The van der Waals surface area contributed by atoms with Gasteiger partial charge in [0.15, 0.2) is 0 Å². The number of hydrogen-bond acceptors (Lipinski definition) is 6. The van der Waals surface area contributed by atoms with E-state index in [9.17, 15) is 15.2 Å². The minimum atomic E-state index is -1.68. The molecule has 1 aliphatic rings. The molecule has 1 unspecified atom stereocenters. The van der Waals surface area contributed by atoms with Crippen molar-refractivity contribution in [1.82, 2.24) is 4.90 Å². The lowest BCUT2D eigenvalue weighted by atomic mass is 9.91. The van der Waals surface area contributed by atoms with Crippen LogP contribution in [0.25, 0.3) is 10.8 Å². The molecule has 2 N–H and O–H groups in total. The van der Waals surface area contributed by atoms with Crippen LogP contribution in [0.1, 0.15) is 55.1 Å². The third-order valence-corrected chi connectivity index (χ3v) is 5.80. The summed E-state index contributed by atoms with van der Waals surface area (Å²) in [4.78, 5) is 15.2. The van der Waals surface area contributed by atoms with Crippen LogP contribution in [0, 0.1) is 11.3 Å². The molecule has 0 bridgehead atoms. The minimum Gasteiger partial charge on any atom is -0.456 e. The third-order valence-electron chi connectivity index (χ3n) is 5.80. The van der Waals surface area contributed by atoms with E-state index in [-0.39, 0.29) is 11.1 Å². The Labute approximate surface area is 194 Å². The average molecular weight is 444 g/mol. The Balaban J connectivity index is 1.97. The normalized spacial score (nSPS) is 16.2. The summed E-state index contributed by atoms with van der Waals surface area (Å²) in [6.45, 7) is 6.70. The molecule has 6 nitrogen and oxygen atoms in total. The summed E-state index contributed by atoms with van der Waals surface area (Å²) in [5.41, 5.74) is 0.612. The average Bonchev–Trinajstić information content (AvgIpc) is 3.33. The van der Waals surface area contributed by atoms with Gasteiger partial charge in [0.05, 0.1) is 11.1 Å². The summed E-state index contributed by atoms with van der Waals surface area (Å²) in [5.74, 6) is -2.26. The van der Waals surface area contributed by atoms with Gasteiger partial charge in [0.1, 0.15) is 11.7 Å². The Morgan fingerprint density at radius 3 is 2.33 bits per heavy atom. The molecule has 0 spiro atoms. The van der Waals surface area contributed by atoms with Crippen LogP contribution < -0.4 is 5.32 Å². The number of fused-ring (bicyclic) bond motifs is 1. The first-order valence-corrected chi connectivity index (χ1v) is 11.2. The van der Waals surface area contributed by atoms with E-state index in [4.69, 9.17) is 4.74 Å². The SMILES string of the molecule is CC(C)(C)OC(=O)c1c(C#N)c(C(O)(Nc2ccccc2)N2CCCC2)cc2ccccc12. The second kappa shape index (κ2) is 8.86. The van der Waals surface area contributed by atoms with Crippen molar-refractivity contribution in [2.45, 2.75) is 45.1 Å². The van der Waals surface area contributed by atoms with Crippen LogP contribution in [0.15, 0.2) is 60.7 Å². The van der Waals surface area contributed by atoms with Crippen LogP contribution >= 0.6 is 0 Å². The van der Waals surface area contributed by atoms with E-state index < -0.39 is 17.4 Å². The second-order valence-electron chi connectivity index (χ2n) is 9.37. The number of para-hydroxylation sites is 1. The predicted octanol–water partition coefficient (Wildman–Crippen LogP) is 4.98. The number of carbonyl (C=O) groups is 1. The summed E-state index contributed by atoms with van der Waals surface area (Å²) < 4.78 is 5.68. The lowest BCUT2D eigenvalue weighted by Crippen LogP contribution is -2.51. The number of anilines is 1. The van der Waals surface area contributed by atoms with Crippen LogP contribution in [-0.2, 0) is 10.6 Å². The Bertz CT molecular complexity index is 1200. The number of rotatable bonds is 5. The monoisotopic (exact) mass is 443 g/mol. The zero-order valence-electron chi connectivity index (χ0n) is 19.3. The first kappa shape index (κ1) is 22.8. The molecule has 0 radical (unpaired) electrons. The zero-order valence-corrected chi connectivity index (χ0v) is 19.3. The summed E-state index contributed by atoms with van der Waals surface area (Å²) in [6.07, 6.45) is 1.88. The molecule has 3 aromatic carbocycles. The Kier molecular flexibility index (Phi) is 6.11. The maximum atomic E-state index is 13.3. The van der Waals surface area contributed by atoms with Gasteiger partial charge in [-0.25, -0.2) is 4.79 Å². The van der Waals surface area contributed by atoms with Crippen molar-refractivity contribution < 1.29 is 14.6 Å². The number of ether oxygens (including phenoxy) is 1. The molecule has 6 heteroatoms. The molecule has 4 rings (SSSR count). The summed E-state index contributed by atoms with van der Waals surface area (Å²) in [7, 11) is 0. The number of benzene rings is 3.